The van der Waals surface area contributed by atoms with Crippen LogP contribution in [-0.2, 0) is 4.74 Å². The van der Waals surface area contributed by atoms with Crippen LogP contribution in [-0.4, -0.2) is 37.3 Å². The van der Waals surface area contributed by atoms with Crippen molar-refractivity contribution in [2.45, 2.75) is 25.4 Å². The fourth-order valence-corrected chi connectivity index (χ4v) is 2.51. The third-order valence-electron chi connectivity index (χ3n) is 3.62. The number of ether oxygens (including phenoxy) is 1. The van der Waals surface area contributed by atoms with Crippen LogP contribution < -0.4 is 10.6 Å². The standard InChI is InChI=1S/C14H20FN3O3/c15-11-2-3-13(14(10-11)18(19)20)17-7-4-12(5-8-17)21-9-1-6-16/h2-3,10,12H,1,4-9,16H2. The SMILES string of the molecule is NCCCOC1CCN(c2ccc(F)cc2[N+](=O)[O-])CC1. The molecule has 0 bridgehead atoms. The van der Waals surface area contributed by atoms with E-state index in [-0.39, 0.29) is 11.8 Å². The molecular formula is C14H20FN3O3. The van der Waals surface area contributed by atoms with Crippen molar-refractivity contribution in [3.05, 3.63) is 34.1 Å². The van der Waals surface area contributed by atoms with Gasteiger partial charge in [-0.2, -0.15) is 0 Å². The zero-order valence-electron chi connectivity index (χ0n) is 11.8. The number of piperidine rings is 1. The molecular weight excluding hydrogens is 277 g/mol. The van der Waals surface area contributed by atoms with E-state index in [0.717, 1.165) is 25.3 Å². The van der Waals surface area contributed by atoms with Gasteiger partial charge in [-0.1, -0.05) is 0 Å². The summed E-state index contributed by atoms with van der Waals surface area (Å²) in [6.07, 6.45) is 2.62. The Morgan fingerprint density at radius 1 is 1.43 bits per heavy atom. The van der Waals surface area contributed by atoms with Crippen molar-refractivity contribution in [2.75, 3.05) is 31.1 Å². The van der Waals surface area contributed by atoms with Gasteiger partial charge in [-0.3, -0.25) is 10.1 Å². The van der Waals surface area contributed by atoms with Gasteiger partial charge in [0.15, 0.2) is 0 Å². The maximum Gasteiger partial charge on any atom is 0.295 e. The van der Waals surface area contributed by atoms with Gasteiger partial charge >= 0.3 is 0 Å². The van der Waals surface area contributed by atoms with Crippen LogP contribution in [0.5, 0.6) is 0 Å². The van der Waals surface area contributed by atoms with Crippen LogP contribution in [0, 0.1) is 15.9 Å². The molecule has 1 aliphatic rings. The first-order valence-corrected chi connectivity index (χ1v) is 7.12. The zero-order valence-corrected chi connectivity index (χ0v) is 11.8. The van der Waals surface area contributed by atoms with Gasteiger partial charge in [-0.05, 0) is 37.9 Å². The Balaban J connectivity index is 1.97. The summed E-state index contributed by atoms with van der Waals surface area (Å²) >= 11 is 0. The van der Waals surface area contributed by atoms with Gasteiger partial charge in [0.1, 0.15) is 11.5 Å². The average Bonchev–Trinajstić information content (AvgIpc) is 2.48. The van der Waals surface area contributed by atoms with Gasteiger partial charge in [0.25, 0.3) is 5.69 Å². The Labute approximate surface area is 122 Å². The van der Waals surface area contributed by atoms with Crippen molar-refractivity contribution >= 4 is 11.4 Å². The number of nitrogens with zero attached hydrogens (tertiary/aromatic N) is 2. The summed E-state index contributed by atoms with van der Waals surface area (Å²) in [4.78, 5) is 12.4. The fraction of sp³-hybridized carbons (Fsp3) is 0.571. The van der Waals surface area contributed by atoms with E-state index < -0.39 is 10.7 Å². The van der Waals surface area contributed by atoms with E-state index in [1.807, 2.05) is 4.90 Å². The molecule has 0 radical (unpaired) electrons. The van der Waals surface area contributed by atoms with E-state index >= 15 is 0 Å². The summed E-state index contributed by atoms with van der Waals surface area (Å²) in [5.74, 6) is -0.592. The van der Waals surface area contributed by atoms with E-state index in [1.165, 1.54) is 12.1 Å². The van der Waals surface area contributed by atoms with Crippen molar-refractivity contribution in [1.29, 1.82) is 0 Å². The van der Waals surface area contributed by atoms with Gasteiger partial charge in [0.2, 0.25) is 0 Å². The summed E-state index contributed by atoms with van der Waals surface area (Å²) in [6.45, 7) is 2.60. The predicted molar refractivity (Wildman–Crippen MR) is 77.9 cm³/mol. The van der Waals surface area contributed by atoms with Crippen LogP contribution >= 0.6 is 0 Å². The van der Waals surface area contributed by atoms with Crippen molar-refractivity contribution in [1.82, 2.24) is 0 Å². The Morgan fingerprint density at radius 2 is 2.14 bits per heavy atom. The third-order valence-corrected chi connectivity index (χ3v) is 3.62. The van der Waals surface area contributed by atoms with E-state index in [0.29, 0.717) is 31.9 Å². The maximum absolute atomic E-state index is 13.2. The zero-order chi connectivity index (χ0) is 15.2. The lowest BCUT2D eigenvalue weighted by Gasteiger charge is -2.33. The molecule has 7 heteroatoms. The Bertz CT molecular complexity index is 490. The normalized spacial score (nSPS) is 16.2. The minimum Gasteiger partial charge on any atom is -0.378 e. The number of halogens is 1. The second kappa shape index (κ2) is 7.33. The summed E-state index contributed by atoms with van der Waals surface area (Å²) < 4.78 is 18.9. The van der Waals surface area contributed by atoms with E-state index in [2.05, 4.69) is 0 Å². The Hall–Kier alpha value is -1.73. The molecule has 0 saturated carbocycles. The molecule has 0 amide bonds. The van der Waals surface area contributed by atoms with Crippen molar-refractivity contribution < 1.29 is 14.1 Å². The molecule has 0 spiro atoms. The molecule has 2 rings (SSSR count). The molecule has 1 aromatic rings. The molecule has 0 aliphatic carbocycles. The van der Waals surface area contributed by atoms with Crippen LogP contribution in [0.3, 0.4) is 0 Å². The highest BCUT2D eigenvalue weighted by molar-refractivity contribution is 5.63. The summed E-state index contributed by atoms with van der Waals surface area (Å²) in [7, 11) is 0. The van der Waals surface area contributed by atoms with Crippen molar-refractivity contribution in [2.24, 2.45) is 5.73 Å². The average molecular weight is 297 g/mol. The number of rotatable bonds is 6. The van der Waals surface area contributed by atoms with Gasteiger partial charge in [0, 0.05) is 19.7 Å². The molecule has 6 nitrogen and oxygen atoms in total. The Morgan fingerprint density at radius 3 is 2.76 bits per heavy atom. The highest BCUT2D eigenvalue weighted by Crippen LogP contribution is 2.31. The summed E-state index contributed by atoms with van der Waals surface area (Å²) in [5.41, 5.74) is 5.71. The summed E-state index contributed by atoms with van der Waals surface area (Å²) in [6, 6.07) is 3.70. The number of nitro benzene ring substituents is 1. The maximum atomic E-state index is 13.2. The minimum atomic E-state index is -0.592. The van der Waals surface area contributed by atoms with Crippen LogP contribution in [0.15, 0.2) is 18.2 Å². The molecule has 0 unspecified atom stereocenters. The lowest BCUT2D eigenvalue weighted by atomic mass is 10.1. The minimum absolute atomic E-state index is 0.173. The molecule has 0 aromatic heterocycles. The number of anilines is 1. The molecule has 21 heavy (non-hydrogen) atoms. The number of hydrogen-bond acceptors (Lipinski definition) is 5. The van der Waals surface area contributed by atoms with Crippen molar-refractivity contribution in [3.63, 3.8) is 0 Å². The van der Waals surface area contributed by atoms with E-state index in [9.17, 15) is 14.5 Å². The smallest absolute Gasteiger partial charge is 0.295 e. The first kappa shape index (κ1) is 15.7. The molecule has 1 heterocycles. The molecule has 0 atom stereocenters. The predicted octanol–water partition coefficient (Wildman–Crippen LogP) is 2.07. The molecule has 1 aromatic carbocycles. The molecule has 1 saturated heterocycles. The quantitative estimate of drug-likeness (QED) is 0.494. The highest BCUT2D eigenvalue weighted by atomic mass is 19.1. The Kier molecular flexibility index (Phi) is 5.46. The highest BCUT2D eigenvalue weighted by Gasteiger charge is 2.25. The number of nitro groups is 1. The van der Waals surface area contributed by atoms with E-state index in [1.54, 1.807) is 0 Å². The first-order chi connectivity index (χ1) is 10.1. The van der Waals surface area contributed by atoms with Gasteiger partial charge < -0.3 is 15.4 Å². The van der Waals surface area contributed by atoms with Crippen LogP contribution in [0.2, 0.25) is 0 Å². The molecule has 2 N–H and O–H groups in total. The monoisotopic (exact) mass is 297 g/mol. The van der Waals surface area contributed by atoms with Crippen LogP contribution in [0.1, 0.15) is 19.3 Å². The van der Waals surface area contributed by atoms with Crippen LogP contribution in [0.4, 0.5) is 15.8 Å². The number of nitrogens with two attached hydrogens (primary N) is 1. The van der Waals surface area contributed by atoms with Gasteiger partial charge in [-0.25, -0.2) is 4.39 Å². The summed E-state index contributed by atoms with van der Waals surface area (Å²) in [5, 5.41) is 11.0. The van der Waals surface area contributed by atoms with Gasteiger partial charge in [-0.15, -0.1) is 0 Å². The second-order valence-electron chi connectivity index (χ2n) is 5.09. The topological polar surface area (TPSA) is 81.6 Å². The van der Waals surface area contributed by atoms with Crippen molar-refractivity contribution in [3.8, 4) is 0 Å². The van der Waals surface area contributed by atoms with Gasteiger partial charge in [0.05, 0.1) is 17.1 Å². The van der Waals surface area contributed by atoms with Crippen LogP contribution in [0.25, 0.3) is 0 Å². The third kappa shape index (κ3) is 4.12. The largest absolute Gasteiger partial charge is 0.378 e. The number of hydrogen-bond donors (Lipinski definition) is 1. The van der Waals surface area contributed by atoms with E-state index in [4.69, 9.17) is 10.5 Å². The molecule has 1 fully saturated rings. The fourth-order valence-electron chi connectivity index (χ4n) is 2.51. The first-order valence-electron chi connectivity index (χ1n) is 7.12. The lowest BCUT2D eigenvalue weighted by molar-refractivity contribution is -0.384. The molecule has 1 aliphatic heterocycles. The number of benzene rings is 1. The lowest BCUT2D eigenvalue weighted by Crippen LogP contribution is -2.37. The molecule has 116 valence electrons. The second-order valence-corrected chi connectivity index (χ2v) is 5.09.